The minimum absolute atomic E-state index is 0. The van der Waals surface area contributed by atoms with Gasteiger partial charge in [-0.25, -0.2) is 4.98 Å². The molecule has 0 bridgehead atoms. The average Bonchev–Trinajstić information content (AvgIpc) is 2.48. The molecule has 24 heavy (non-hydrogen) atoms. The third kappa shape index (κ3) is 10.5. The maximum Gasteiger partial charge on any atom is 0.422 e. The summed E-state index contributed by atoms with van der Waals surface area (Å²) in [6, 6.07) is 2.90. The molecule has 0 aliphatic carbocycles. The molecular formula is C13H20Cl2F3N3O3. The van der Waals surface area contributed by atoms with Crippen LogP contribution in [0.3, 0.4) is 0 Å². The number of nitrogens with zero attached hydrogens (tertiary/aromatic N) is 1. The number of alkyl halides is 3. The molecule has 1 unspecified atom stereocenters. The van der Waals surface area contributed by atoms with Crippen molar-refractivity contribution in [2.45, 2.75) is 25.2 Å². The summed E-state index contributed by atoms with van der Waals surface area (Å²) >= 11 is 0. The number of pyridine rings is 1. The minimum Gasteiger partial charge on any atom is -0.468 e. The number of halogens is 5. The highest BCUT2D eigenvalue weighted by Crippen LogP contribution is 2.17. The largest absolute Gasteiger partial charge is 0.468 e. The van der Waals surface area contributed by atoms with Crippen molar-refractivity contribution in [3.05, 3.63) is 23.9 Å². The first kappa shape index (κ1) is 25.0. The number of carbonyl (C=O) groups is 1. The second-order valence-electron chi connectivity index (χ2n) is 4.48. The van der Waals surface area contributed by atoms with Gasteiger partial charge < -0.3 is 20.5 Å². The Morgan fingerprint density at radius 3 is 2.62 bits per heavy atom. The normalized spacial score (nSPS) is 11.7. The first-order chi connectivity index (χ1) is 10.3. The topological polar surface area (TPSA) is 86.5 Å². The molecule has 1 aromatic heterocycles. The lowest BCUT2D eigenvalue weighted by molar-refractivity contribution is -0.154. The van der Waals surface area contributed by atoms with Crippen LogP contribution >= 0.6 is 24.8 Å². The summed E-state index contributed by atoms with van der Waals surface area (Å²) in [5, 5.41) is 2.62. The van der Waals surface area contributed by atoms with Crippen LogP contribution in [0.1, 0.15) is 12.0 Å². The number of amides is 1. The highest BCUT2D eigenvalue weighted by Gasteiger charge is 2.28. The Hall–Kier alpha value is -1.29. The van der Waals surface area contributed by atoms with Gasteiger partial charge in [0, 0.05) is 32.5 Å². The molecule has 0 aromatic carbocycles. The van der Waals surface area contributed by atoms with Crippen molar-refractivity contribution in [1.82, 2.24) is 10.3 Å². The molecule has 1 heterocycles. The molecule has 0 radical (unpaired) electrons. The monoisotopic (exact) mass is 393 g/mol. The fourth-order valence-corrected chi connectivity index (χ4v) is 1.54. The van der Waals surface area contributed by atoms with E-state index in [1.807, 2.05) is 0 Å². The van der Waals surface area contributed by atoms with Crippen molar-refractivity contribution in [3.63, 3.8) is 0 Å². The Morgan fingerprint density at radius 1 is 1.42 bits per heavy atom. The Labute approximate surface area is 150 Å². The molecule has 0 saturated heterocycles. The molecule has 1 atom stereocenters. The lowest BCUT2D eigenvalue weighted by Crippen LogP contribution is -2.31. The third-order valence-corrected chi connectivity index (χ3v) is 2.68. The third-order valence-electron chi connectivity index (χ3n) is 2.68. The van der Waals surface area contributed by atoms with Crippen LogP contribution in [0.2, 0.25) is 0 Å². The Morgan fingerprint density at radius 2 is 2.08 bits per heavy atom. The second-order valence-corrected chi connectivity index (χ2v) is 4.48. The molecule has 1 rings (SSSR count). The van der Waals surface area contributed by atoms with Crippen LogP contribution in [-0.4, -0.2) is 43.4 Å². The summed E-state index contributed by atoms with van der Waals surface area (Å²) in [6.45, 7) is -1.05. The van der Waals surface area contributed by atoms with Crippen LogP contribution in [0.4, 0.5) is 13.2 Å². The molecule has 0 spiro atoms. The predicted molar refractivity (Wildman–Crippen MR) is 86.6 cm³/mol. The molecule has 3 N–H and O–H groups in total. The second kappa shape index (κ2) is 12.1. The van der Waals surface area contributed by atoms with E-state index in [1.54, 1.807) is 6.07 Å². The summed E-state index contributed by atoms with van der Waals surface area (Å²) in [6.07, 6.45) is -3.38. The lowest BCUT2D eigenvalue weighted by Gasteiger charge is -2.13. The fraction of sp³-hybridized carbons (Fsp3) is 0.538. The van der Waals surface area contributed by atoms with Gasteiger partial charge in [-0.1, -0.05) is 0 Å². The molecular weight excluding hydrogens is 374 g/mol. The van der Waals surface area contributed by atoms with E-state index >= 15 is 0 Å². The van der Waals surface area contributed by atoms with E-state index in [4.69, 9.17) is 10.5 Å². The predicted octanol–water partition coefficient (Wildman–Crippen LogP) is 1.85. The Bertz CT molecular complexity index is 489. The van der Waals surface area contributed by atoms with Crippen molar-refractivity contribution < 1.29 is 27.4 Å². The van der Waals surface area contributed by atoms with Gasteiger partial charge in [0.05, 0.1) is 12.5 Å². The molecule has 1 amide bonds. The SMILES string of the molecule is COC(CN)CC(=O)NCc1ccnc(OCC(F)(F)F)c1.Cl.Cl. The molecule has 0 aliphatic heterocycles. The summed E-state index contributed by atoms with van der Waals surface area (Å²) in [5.41, 5.74) is 5.98. The van der Waals surface area contributed by atoms with E-state index in [0.717, 1.165) is 0 Å². The van der Waals surface area contributed by atoms with Crippen molar-refractivity contribution in [1.29, 1.82) is 0 Å². The number of hydrogen-bond donors (Lipinski definition) is 2. The van der Waals surface area contributed by atoms with Crippen molar-refractivity contribution in [3.8, 4) is 5.88 Å². The zero-order valence-electron chi connectivity index (χ0n) is 12.8. The van der Waals surface area contributed by atoms with Gasteiger partial charge in [-0.3, -0.25) is 4.79 Å². The van der Waals surface area contributed by atoms with Crippen molar-refractivity contribution >= 4 is 30.7 Å². The highest BCUT2D eigenvalue weighted by molar-refractivity contribution is 5.85. The maximum atomic E-state index is 12.1. The van der Waals surface area contributed by atoms with Crippen molar-refractivity contribution in [2.24, 2.45) is 5.73 Å². The number of carbonyl (C=O) groups excluding carboxylic acids is 1. The van der Waals surface area contributed by atoms with Gasteiger partial charge in [-0.2, -0.15) is 13.2 Å². The van der Waals surface area contributed by atoms with Crippen LogP contribution in [0.5, 0.6) is 5.88 Å². The van der Waals surface area contributed by atoms with Gasteiger partial charge >= 0.3 is 6.18 Å². The van der Waals surface area contributed by atoms with Gasteiger partial charge in [0.1, 0.15) is 0 Å². The summed E-state index contributed by atoms with van der Waals surface area (Å²) in [5.74, 6) is -0.423. The summed E-state index contributed by atoms with van der Waals surface area (Å²) in [4.78, 5) is 15.3. The van der Waals surface area contributed by atoms with Gasteiger partial charge in [-0.05, 0) is 11.6 Å². The summed E-state index contributed by atoms with van der Waals surface area (Å²) < 4.78 is 45.7. The number of ether oxygens (including phenoxy) is 2. The summed E-state index contributed by atoms with van der Waals surface area (Å²) in [7, 11) is 1.46. The smallest absolute Gasteiger partial charge is 0.422 e. The van der Waals surface area contributed by atoms with Crippen LogP contribution in [0.15, 0.2) is 18.3 Å². The Balaban J connectivity index is 0. The zero-order valence-corrected chi connectivity index (χ0v) is 14.5. The van der Waals surface area contributed by atoms with Gasteiger partial charge in [0.2, 0.25) is 11.8 Å². The van der Waals surface area contributed by atoms with E-state index < -0.39 is 12.8 Å². The van der Waals surface area contributed by atoms with E-state index in [-0.39, 0.29) is 62.2 Å². The number of hydrogen-bond acceptors (Lipinski definition) is 5. The number of methoxy groups -OCH3 is 1. The van der Waals surface area contributed by atoms with Crippen LogP contribution in [0.25, 0.3) is 0 Å². The van der Waals surface area contributed by atoms with Crippen LogP contribution in [-0.2, 0) is 16.1 Å². The average molecular weight is 394 g/mol. The maximum absolute atomic E-state index is 12.1. The van der Waals surface area contributed by atoms with Crippen LogP contribution < -0.4 is 15.8 Å². The molecule has 11 heteroatoms. The standard InChI is InChI=1S/C13H18F3N3O3.2ClH/c1-21-10(6-17)5-11(20)19-7-9-2-3-18-12(4-9)22-8-13(14,15)16;;/h2-4,10H,5-8,17H2,1H3,(H,19,20);2*1H. The van der Waals surface area contributed by atoms with E-state index in [9.17, 15) is 18.0 Å². The fourth-order valence-electron chi connectivity index (χ4n) is 1.54. The van der Waals surface area contributed by atoms with Crippen LogP contribution in [0, 0.1) is 0 Å². The number of aromatic nitrogens is 1. The number of nitrogens with two attached hydrogens (primary N) is 1. The highest BCUT2D eigenvalue weighted by atomic mass is 35.5. The molecule has 6 nitrogen and oxygen atoms in total. The minimum atomic E-state index is -4.43. The number of nitrogens with one attached hydrogen (secondary N) is 1. The van der Waals surface area contributed by atoms with E-state index in [0.29, 0.717) is 5.56 Å². The van der Waals surface area contributed by atoms with E-state index in [2.05, 4.69) is 15.0 Å². The molecule has 0 aliphatic rings. The zero-order chi connectivity index (χ0) is 16.6. The first-order valence-electron chi connectivity index (χ1n) is 6.48. The van der Waals surface area contributed by atoms with Gasteiger partial charge in [-0.15, -0.1) is 24.8 Å². The molecule has 140 valence electrons. The van der Waals surface area contributed by atoms with Gasteiger partial charge in [0.15, 0.2) is 6.61 Å². The van der Waals surface area contributed by atoms with Gasteiger partial charge in [0.25, 0.3) is 0 Å². The number of rotatable bonds is 8. The lowest BCUT2D eigenvalue weighted by atomic mass is 10.2. The molecule has 1 aromatic rings. The van der Waals surface area contributed by atoms with Crippen molar-refractivity contribution in [2.75, 3.05) is 20.3 Å². The first-order valence-corrected chi connectivity index (χ1v) is 6.48. The molecule has 0 saturated carbocycles. The quantitative estimate of drug-likeness (QED) is 0.703. The van der Waals surface area contributed by atoms with E-state index in [1.165, 1.54) is 19.4 Å². The Kier molecular flexibility index (Phi) is 12.6. The molecule has 0 fully saturated rings.